The van der Waals surface area contributed by atoms with Crippen LogP contribution >= 0.6 is 0 Å². The van der Waals surface area contributed by atoms with Gasteiger partial charge in [0, 0.05) is 21.1 Å². The first-order chi connectivity index (χ1) is 5.96. The molecule has 0 radical (unpaired) electrons. The molecule has 0 amide bonds. The van der Waals surface area contributed by atoms with Crippen molar-refractivity contribution in [1.29, 1.82) is 0 Å². The lowest BCUT2D eigenvalue weighted by Crippen LogP contribution is -2.59. The van der Waals surface area contributed by atoms with E-state index in [1.54, 1.807) is 11.3 Å². The van der Waals surface area contributed by atoms with Crippen LogP contribution in [0.4, 0.5) is 0 Å². The average Bonchev–Trinajstić information content (AvgIpc) is 1.92. The van der Waals surface area contributed by atoms with E-state index in [9.17, 15) is 0 Å². The van der Waals surface area contributed by atoms with E-state index in [2.05, 4.69) is 39.2 Å². The van der Waals surface area contributed by atoms with E-state index in [0.717, 1.165) is 6.04 Å². The quantitative estimate of drug-likeness (QED) is 0.648. The van der Waals surface area contributed by atoms with Crippen molar-refractivity contribution in [3.63, 3.8) is 0 Å². The molecule has 1 nitrogen and oxygen atoms in total. The van der Waals surface area contributed by atoms with Crippen molar-refractivity contribution in [2.45, 2.75) is 64.0 Å². The van der Waals surface area contributed by atoms with Gasteiger partial charge in [-0.25, -0.2) is 0 Å². The molecule has 1 fully saturated rings. The zero-order valence-corrected chi connectivity index (χ0v) is 12.5. The van der Waals surface area contributed by atoms with Gasteiger partial charge in [0.2, 0.25) is 0 Å². The third-order valence-electron chi connectivity index (χ3n) is 3.31. The molecule has 0 N–H and O–H groups in total. The van der Waals surface area contributed by atoms with Crippen LogP contribution in [0.3, 0.4) is 0 Å². The van der Waals surface area contributed by atoms with Crippen molar-refractivity contribution in [2.24, 2.45) is 0 Å². The molecule has 0 aromatic rings. The van der Waals surface area contributed by atoms with Crippen LogP contribution in [-0.4, -0.2) is 34.6 Å². The van der Waals surface area contributed by atoms with E-state index >= 15 is 0 Å². The molecule has 78 valence electrons. The molecule has 1 aliphatic rings. The Morgan fingerprint density at radius 2 is 1.92 bits per heavy atom. The van der Waals surface area contributed by atoms with Crippen molar-refractivity contribution in [2.75, 3.05) is 0 Å². The Hall–Kier alpha value is 0.394. The van der Waals surface area contributed by atoms with E-state index in [1.807, 2.05) is 0 Å². The largest absolute Gasteiger partial charge is 0.320 e. The van der Waals surface area contributed by atoms with Gasteiger partial charge in [-0.05, 0) is 27.2 Å². The number of hydrogen-bond acceptors (Lipinski definition) is 1. The van der Waals surface area contributed by atoms with Gasteiger partial charge >= 0.3 is 0 Å². The summed E-state index contributed by atoms with van der Waals surface area (Å²) in [6, 6.07) is 0.825. The third kappa shape index (κ3) is 2.67. The Bertz CT molecular complexity index is 156. The molecule has 3 heteroatoms. The van der Waals surface area contributed by atoms with Gasteiger partial charge in [0.05, 0.1) is 0 Å². The van der Waals surface area contributed by atoms with Gasteiger partial charge in [0.1, 0.15) is 8.96 Å². The highest BCUT2D eigenvalue weighted by Crippen LogP contribution is 2.27. The summed E-state index contributed by atoms with van der Waals surface area (Å²) in [6.45, 7) is 11.9. The Morgan fingerprint density at radius 1 is 1.38 bits per heavy atom. The van der Waals surface area contributed by atoms with E-state index in [-0.39, 0.29) is 0 Å². The third-order valence-corrected chi connectivity index (χ3v) is 14.0. The average molecular weight is 215 g/mol. The summed E-state index contributed by atoms with van der Waals surface area (Å²) < 4.78 is 2.89. The molecule has 1 aliphatic heterocycles. The predicted molar refractivity (Wildman–Crippen MR) is 66.7 cm³/mol. The molecule has 13 heavy (non-hydrogen) atoms. The molecule has 1 atom stereocenters. The van der Waals surface area contributed by atoms with E-state index < -0.39 is 8.96 Å². The molecule has 1 saturated heterocycles. The van der Waals surface area contributed by atoms with Crippen LogP contribution in [0.5, 0.6) is 0 Å². The maximum Gasteiger partial charge on any atom is 0.106 e. The number of nitrogens with zero attached hydrogens (tertiary/aromatic N) is 1. The zero-order valence-electron chi connectivity index (χ0n) is 9.93. The fraction of sp³-hybridized carbons (Fsp3) is 1.00. The lowest BCUT2D eigenvalue weighted by atomic mass is 10.1. The van der Waals surface area contributed by atoms with Crippen LogP contribution in [0.1, 0.15) is 41.0 Å². The number of hydrogen-bond donors (Lipinski definition) is 0. The van der Waals surface area contributed by atoms with E-state index in [1.165, 1.54) is 6.42 Å². The standard InChI is InChI=1S/C10H25NSi2/c1-6-9(2)11(10(3,4)5)13-7-12-8-13/h9,13H,6-8,12H2,1-5H3. The smallest absolute Gasteiger partial charge is 0.106 e. The summed E-state index contributed by atoms with van der Waals surface area (Å²) in [4.78, 5) is 0. The summed E-state index contributed by atoms with van der Waals surface area (Å²) in [6.07, 6.45) is 1.32. The molecule has 0 aromatic carbocycles. The van der Waals surface area contributed by atoms with Crippen LogP contribution in [0, 0.1) is 0 Å². The zero-order chi connectivity index (χ0) is 10.1. The van der Waals surface area contributed by atoms with Gasteiger partial charge in [-0.2, -0.15) is 0 Å². The Balaban J connectivity index is 2.63. The molecule has 1 rings (SSSR count). The van der Waals surface area contributed by atoms with Crippen LogP contribution in [0.25, 0.3) is 0 Å². The summed E-state index contributed by atoms with van der Waals surface area (Å²) in [5.41, 5.74) is 3.82. The number of rotatable bonds is 3. The molecule has 0 spiro atoms. The Labute approximate surface area is 87.4 Å². The van der Waals surface area contributed by atoms with Crippen LogP contribution < -0.4 is 0 Å². The second kappa shape index (κ2) is 4.28. The Kier molecular flexibility index (Phi) is 3.77. The second-order valence-electron chi connectivity index (χ2n) is 5.42. The first kappa shape index (κ1) is 11.5. The van der Waals surface area contributed by atoms with Gasteiger partial charge in [0.25, 0.3) is 0 Å². The molecular formula is C10H25NSi2. The molecule has 0 aliphatic carbocycles. The molecular weight excluding hydrogens is 190 g/mol. The maximum absolute atomic E-state index is 2.89. The highest BCUT2D eigenvalue weighted by Gasteiger charge is 2.36. The summed E-state index contributed by atoms with van der Waals surface area (Å²) in [5, 5.41) is 0. The summed E-state index contributed by atoms with van der Waals surface area (Å²) >= 11 is 0. The predicted octanol–water partition coefficient (Wildman–Crippen LogP) is 1.71. The lowest BCUT2D eigenvalue weighted by molar-refractivity contribution is 0.190. The van der Waals surface area contributed by atoms with Crippen LogP contribution in [0.15, 0.2) is 0 Å². The topological polar surface area (TPSA) is 3.24 Å². The van der Waals surface area contributed by atoms with Crippen molar-refractivity contribution in [1.82, 2.24) is 4.57 Å². The van der Waals surface area contributed by atoms with E-state index in [0.29, 0.717) is 15.1 Å². The first-order valence-corrected chi connectivity index (χ1v) is 9.90. The molecule has 1 heterocycles. The SMILES string of the molecule is CCC(C)N([SiH]1C[SiH2]C1)C(C)(C)C. The van der Waals surface area contributed by atoms with E-state index in [4.69, 9.17) is 0 Å². The molecule has 0 aromatic heterocycles. The van der Waals surface area contributed by atoms with Gasteiger partial charge in [-0.15, -0.1) is 0 Å². The minimum Gasteiger partial charge on any atom is -0.320 e. The van der Waals surface area contributed by atoms with Crippen molar-refractivity contribution in [3.05, 3.63) is 0 Å². The molecule has 1 unspecified atom stereocenters. The summed E-state index contributed by atoms with van der Waals surface area (Å²) in [7, 11) is 0.0160. The normalized spacial score (nSPS) is 27.7. The fourth-order valence-corrected chi connectivity index (χ4v) is 9.78. The summed E-state index contributed by atoms with van der Waals surface area (Å²) in [5.74, 6) is 0. The fourth-order valence-electron chi connectivity index (χ4n) is 2.43. The monoisotopic (exact) mass is 215 g/mol. The highest BCUT2D eigenvalue weighted by molar-refractivity contribution is 6.85. The van der Waals surface area contributed by atoms with Gasteiger partial charge in [0.15, 0.2) is 0 Å². The van der Waals surface area contributed by atoms with Crippen molar-refractivity contribution in [3.8, 4) is 0 Å². The molecule has 0 saturated carbocycles. The molecule has 0 bridgehead atoms. The minimum absolute atomic E-state index is 0.421. The highest BCUT2D eigenvalue weighted by atomic mass is 28.4. The van der Waals surface area contributed by atoms with Gasteiger partial charge in [-0.3, -0.25) is 0 Å². The minimum atomic E-state index is -0.421. The lowest BCUT2D eigenvalue weighted by Gasteiger charge is -2.48. The van der Waals surface area contributed by atoms with Gasteiger partial charge < -0.3 is 4.57 Å². The van der Waals surface area contributed by atoms with Crippen molar-refractivity contribution >= 4 is 18.5 Å². The first-order valence-electron chi connectivity index (χ1n) is 5.75. The Morgan fingerprint density at radius 3 is 2.15 bits per heavy atom. The van der Waals surface area contributed by atoms with Crippen molar-refractivity contribution < 1.29 is 0 Å². The second-order valence-corrected chi connectivity index (χ2v) is 12.6. The van der Waals surface area contributed by atoms with Crippen LogP contribution in [-0.2, 0) is 0 Å². The van der Waals surface area contributed by atoms with Gasteiger partial charge in [-0.1, -0.05) is 25.2 Å². The maximum atomic E-state index is 2.89. The van der Waals surface area contributed by atoms with Crippen LogP contribution in [0.2, 0.25) is 11.3 Å².